The van der Waals surface area contributed by atoms with E-state index in [1.807, 2.05) is 30.3 Å². The van der Waals surface area contributed by atoms with Crippen LogP contribution >= 0.6 is 7.51 Å². The van der Waals surface area contributed by atoms with Crippen molar-refractivity contribution in [3.8, 4) is 0 Å². The molecule has 0 N–H and O–H groups in total. The Labute approximate surface area is 124 Å². The van der Waals surface area contributed by atoms with E-state index in [4.69, 9.17) is 18.1 Å². The van der Waals surface area contributed by atoms with Gasteiger partial charge in [0, 0.05) is 0 Å². The summed E-state index contributed by atoms with van der Waals surface area (Å²) in [6, 6.07) is 9.63. The van der Waals surface area contributed by atoms with Crippen LogP contribution in [0.15, 0.2) is 41.7 Å². The summed E-state index contributed by atoms with van der Waals surface area (Å²) in [7, 11) is -2.31. The third-order valence-electron chi connectivity index (χ3n) is 3.93. The molecule has 3 rings (SSSR count). The molecule has 0 saturated carbocycles. The van der Waals surface area contributed by atoms with Crippen molar-refractivity contribution in [3.05, 3.63) is 47.2 Å². The number of ketones is 1. The van der Waals surface area contributed by atoms with Crippen LogP contribution in [0.5, 0.6) is 0 Å². The predicted molar refractivity (Wildman–Crippen MR) is 79.5 cm³/mol. The van der Waals surface area contributed by atoms with Crippen LogP contribution in [0, 0.1) is 0 Å². The summed E-state index contributed by atoms with van der Waals surface area (Å²) in [6.45, 7) is 4.08. The second kappa shape index (κ2) is 4.89. The Morgan fingerprint density at radius 1 is 1.24 bits per heavy atom. The maximum absolute atomic E-state index is 12.2. The molecule has 1 spiro atoms. The number of carbonyl (C=O) groups is 1. The molecular weight excluding hydrogens is 291 g/mol. The van der Waals surface area contributed by atoms with Crippen LogP contribution in [-0.2, 0) is 22.9 Å². The van der Waals surface area contributed by atoms with E-state index in [1.54, 1.807) is 6.92 Å². The maximum atomic E-state index is 12.2. The van der Waals surface area contributed by atoms with Gasteiger partial charge in [0.15, 0.2) is 0 Å². The van der Waals surface area contributed by atoms with Crippen molar-refractivity contribution in [2.75, 3.05) is 20.3 Å². The standard InChI is InChI=1S/C15H19O5P/c1-11(16)14-12(2)20-21(17-3,18-9-10-19-21)15(14)13-7-5-4-6-8-13/h4-8,15H,9-10H2,1-3H3/t15-/m0/s1. The number of carbonyl (C=O) groups excluding carboxylic acids is 1. The van der Waals surface area contributed by atoms with Crippen molar-refractivity contribution in [1.29, 1.82) is 0 Å². The molecule has 2 aliphatic heterocycles. The molecular formula is C15H19O5P. The number of allylic oxidation sites excluding steroid dienone is 2. The van der Waals surface area contributed by atoms with E-state index in [1.165, 1.54) is 14.0 Å². The van der Waals surface area contributed by atoms with Crippen molar-refractivity contribution < 1.29 is 22.9 Å². The van der Waals surface area contributed by atoms with E-state index in [9.17, 15) is 4.79 Å². The van der Waals surface area contributed by atoms with E-state index in [2.05, 4.69) is 0 Å². The first-order chi connectivity index (χ1) is 10.0. The van der Waals surface area contributed by atoms with E-state index < -0.39 is 13.2 Å². The van der Waals surface area contributed by atoms with Crippen LogP contribution in [0.4, 0.5) is 0 Å². The molecule has 6 heteroatoms. The van der Waals surface area contributed by atoms with Crippen LogP contribution in [0.2, 0.25) is 0 Å². The summed E-state index contributed by atoms with van der Waals surface area (Å²) in [5.74, 6) is 0.469. The fraction of sp³-hybridized carbons (Fsp3) is 0.400. The molecule has 1 aromatic carbocycles. The van der Waals surface area contributed by atoms with Crippen LogP contribution in [-0.4, -0.2) is 26.1 Å². The van der Waals surface area contributed by atoms with Gasteiger partial charge < -0.3 is 0 Å². The fourth-order valence-corrected chi connectivity index (χ4v) is 7.05. The average molecular weight is 310 g/mol. The van der Waals surface area contributed by atoms with E-state index in [0.717, 1.165) is 5.56 Å². The van der Waals surface area contributed by atoms with Gasteiger partial charge in [-0.15, -0.1) is 0 Å². The zero-order chi connectivity index (χ0) is 15.1. The van der Waals surface area contributed by atoms with Crippen molar-refractivity contribution in [2.24, 2.45) is 0 Å². The predicted octanol–water partition coefficient (Wildman–Crippen LogP) is 3.53. The molecule has 0 unspecified atom stereocenters. The van der Waals surface area contributed by atoms with Gasteiger partial charge in [-0.25, -0.2) is 0 Å². The van der Waals surface area contributed by atoms with Crippen molar-refractivity contribution in [3.63, 3.8) is 0 Å². The van der Waals surface area contributed by atoms with E-state index in [-0.39, 0.29) is 5.78 Å². The molecule has 114 valence electrons. The van der Waals surface area contributed by atoms with Gasteiger partial charge in [0.1, 0.15) is 0 Å². The average Bonchev–Trinajstić information content (AvgIpc) is 3.02. The van der Waals surface area contributed by atoms with Gasteiger partial charge in [0.25, 0.3) is 0 Å². The molecule has 0 bridgehead atoms. The minimum absolute atomic E-state index is 0.0565. The molecule has 2 heterocycles. The van der Waals surface area contributed by atoms with Gasteiger partial charge in [0.2, 0.25) is 0 Å². The van der Waals surface area contributed by atoms with Crippen molar-refractivity contribution in [2.45, 2.75) is 19.5 Å². The Kier molecular flexibility index (Phi) is 3.41. The molecule has 1 fully saturated rings. The topological polar surface area (TPSA) is 54.0 Å². The quantitative estimate of drug-likeness (QED) is 0.799. The Balaban J connectivity index is 2.22. The van der Waals surface area contributed by atoms with Crippen LogP contribution in [0.1, 0.15) is 25.1 Å². The Hall–Kier alpha value is -1.26. The van der Waals surface area contributed by atoms with Crippen LogP contribution in [0.3, 0.4) is 0 Å². The second-order valence-corrected chi connectivity index (χ2v) is 8.47. The molecule has 5 nitrogen and oxygen atoms in total. The molecule has 2 aliphatic rings. The molecule has 0 radical (unpaired) electrons. The number of rotatable bonds is 3. The Bertz CT molecular complexity index is 604. The van der Waals surface area contributed by atoms with Gasteiger partial charge in [-0.2, -0.15) is 0 Å². The normalized spacial score (nSPS) is 28.1. The fourth-order valence-electron chi connectivity index (χ4n) is 3.13. The Morgan fingerprint density at radius 2 is 1.86 bits per heavy atom. The molecule has 21 heavy (non-hydrogen) atoms. The first kappa shape index (κ1) is 14.7. The monoisotopic (exact) mass is 310 g/mol. The van der Waals surface area contributed by atoms with Crippen LogP contribution in [0.25, 0.3) is 0 Å². The summed E-state index contributed by atoms with van der Waals surface area (Å²) in [5.41, 5.74) is 1.02. The SMILES string of the molecule is COP12(OCCO1)OC(C)=C(C(C)=O)[C@@H]2c1ccccc1. The molecule has 0 amide bonds. The van der Waals surface area contributed by atoms with Crippen molar-refractivity contribution in [1.82, 2.24) is 0 Å². The summed E-state index contributed by atoms with van der Waals surface area (Å²) in [4.78, 5) is 12.2. The van der Waals surface area contributed by atoms with Crippen LogP contribution < -0.4 is 0 Å². The summed E-state index contributed by atoms with van der Waals surface area (Å²) < 4.78 is 23.6. The molecule has 1 aromatic rings. The van der Waals surface area contributed by atoms with E-state index in [0.29, 0.717) is 24.5 Å². The first-order valence-electron chi connectivity index (χ1n) is 6.87. The van der Waals surface area contributed by atoms with Gasteiger partial charge in [-0.05, 0) is 0 Å². The zero-order valence-corrected chi connectivity index (χ0v) is 13.3. The summed E-state index contributed by atoms with van der Waals surface area (Å²) in [5, 5.41) is 0. The number of benzene rings is 1. The minimum atomic E-state index is -3.84. The number of Topliss-reactive ketones (excluding diaryl/α,β-unsaturated/α-hetero) is 1. The Morgan fingerprint density at radius 3 is 2.38 bits per heavy atom. The van der Waals surface area contributed by atoms with Crippen molar-refractivity contribution >= 4 is 13.3 Å². The molecule has 0 aromatic heterocycles. The summed E-state index contributed by atoms with van der Waals surface area (Å²) >= 11 is 0. The first-order valence-corrected chi connectivity index (χ1v) is 8.85. The molecule has 1 atom stereocenters. The number of hydrogen-bond acceptors (Lipinski definition) is 5. The third-order valence-corrected chi connectivity index (χ3v) is 7.89. The number of hydrogen-bond donors (Lipinski definition) is 0. The van der Waals surface area contributed by atoms with E-state index >= 15 is 0 Å². The molecule has 0 aliphatic carbocycles. The molecule has 1 saturated heterocycles. The second-order valence-electron chi connectivity index (χ2n) is 5.15. The zero-order valence-electron chi connectivity index (χ0n) is 12.4. The van der Waals surface area contributed by atoms with Gasteiger partial charge >= 0.3 is 123 Å². The van der Waals surface area contributed by atoms with Gasteiger partial charge in [-0.1, -0.05) is 0 Å². The van der Waals surface area contributed by atoms with Gasteiger partial charge in [-0.3, -0.25) is 0 Å². The summed E-state index contributed by atoms with van der Waals surface area (Å²) in [6.07, 6.45) is 0. The van der Waals surface area contributed by atoms with Gasteiger partial charge in [0.05, 0.1) is 0 Å². The third kappa shape index (κ3) is 1.96.